The molecular weight excluding hydrogens is 474 g/mol. The summed E-state index contributed by atoms with van der Waals surface area (Å²) in [5.41, 5.74) is 13.8. The fourth-order valence-electron chi connectivity index (χ4n) is 4.32. The average Bonchev–Trinajstić information content (AvgIpc) is 2.79. The van der Waals surface area contributed by atoms with Crippen LogP contribution in [-0.4, -0.2) is 30.7 Å². The number of benzene rings is 2. The maximum atomic E-state index is 12.3. The predicted molar refractivity (Wildman–Crippen MR) is 128 cm³/mol. The summed E-state index contributed by atoms with van der Waals surface area (Å²) in [7, 11) is 1.35. The molecular formula is C23H26BrN5O3. The minimum absolute atomic E-state index is 0.176. The van der Waals surface area contributed by atoms with Crippen LogP contribution in [0.5, 0.6) is 5.75 Å². The van der Waals surface area contributed by atoms with Crippen molar-refractivity contribution in [3.63, 3.8) is 0 Å². The highest BCUT2D eigenvalue weighted by Gasteiger charge is 2.44. The third-order valence-corrected chi connectivity index (χ3v) is 6.37. The van der Waals surface area contributed by atoms with Gasteiger partial charge in [0.2, 0.25) is 11.9 Å². The summed E-state index contributed by atoms with van der Waals surface area (Å²) >= 11 is 3.63. The number of esters is 1. The minimum Gasteiger partial charge on any atom is -0.487 e. The molecule has 1 fully saturated rings. The van der Waals surface area contributed by atoms with Crippen LogP contribution in [0.3, 0.4) is 0 Å². The number of guanidine groups is 2. The molecule has 1 aliphatic heterocycles. The molecule has 1 spiro atoms. The lowest BCUT2D eigenvalue weighted by molar-refractivity contribution is 0.0600. The Morgan fingerprint density at radius 1 is 1.16 bits per heavy atom. The summed E-state index contributed by atoms with van der Waals surface area (Å²) < 4.78 is 11.8. The molecule has 0 bridgehead atoms. The van der Waals surface area contributed by atoms with Crippen LogP contribution in [0.1, 0.15) is 48.0 Å². The van der Waals surface area contributed by atoms with Gasteiger partial charge in [-0.05, 0) is 59.3 Å². The number of halogens is 1. The van der Waals surface area contributed by atoms with Crippen molar-refractivity contribution >= 4 is 39.5 Å². The number of carbonyl (C=O) groups is 1. The maximum absolute atomic E-state index is 12.3. The van der Waals surface area contributed by atoms with Gasteiger partial charge in [-0.2, -0.15) is 4.99 Å². The van der Waals surface area contributed by atoms with Crippen LogP contribution in [0, 0.1) is 0 Å². The zero-order valence-electron chi connectivity index (χ0n) is 17.9. The first-order chi connectivity index (χ1) is 15.4. The van der Waals surface area contributed by atoms with Crippen LogP contribution in [0.25, 0.3) is 0 Å². The van der Waals surface area contributed by atoms with Crippen LogP contribution < -0.4 is 21.1 Å². The Morgan fingerprint density at radius 2 is 1.88 bits per heavy atom. The third-order valence-electron chi connectivity index (χ3n) is 5.76. The average molecular weight is 500 g/mol. The molecule has 0 amide bonds. The van der Waals surface area contributed by atoms with Crippen molar-refractivity contribution in [3.05, 3.63) is 58.1 Å². The number of methoxy groups -OCH3 is 1. The highest BCUT2D eigenvalue weighted by molar-refractivity contribution is 9.10. The highest BCUT2D eigenvalue weighted by atomic mass is 79.9. The Bertz CT molecular complexity index is 1060. The van der Waals surface area contributed by atoms with Crippen LogP contribution in [0.15, 0.2) is 56.9 Å². The molecule has 32 heavy (non-hydrogen) atoms. The smallest absolute Gasteiger partial charge is 0.338 e. The van der Waals surface area contributed by atoms with Crippen LogP contribution >= 0.6 is 15.9 Å². The second-order valence-electron chi connectivity index (χ2n) is 7.89. The second kappa shape index (κ2) is 9.20. The van der Waals surface area contributed by atoms with Crippen molar-refractivity contribution in [1.82, 2.24) is 0 Å². The summed E-state index contributed by atoms with van der Waals surface area (Å²) in [6.07, 6.45) is 4.69. The molecule has 4 N–H and O–H groups in total. The number of hydrogen-bond donors (Lipinski definition) is 2. The predicted octanol–water partition coefficient (Wildman–Crippen LogP) is 3.92. The summed E-state index contributed by atoms with van der Waals surface area (Å²) in [6, 6.07) is 13.2. The molecule has 0 unspecified atom stereocenters. The summed E-state index contributed by atoms with van der Waals surface area (Å²) in [5, 5.41) is 0. The Balaban J connectivity index is 1.82. The normalized spacial score (nSPS) is 17.5. The summed E-state index contributed by atoms with van der Waals surface area (Å²) in [6.45, 7) is 0.314. The first kappa shape index (κ1) is 22.1. The van der Waals surface area contributed by atoms with E-state index in [0.29, 0.717) is 28.1 Å². The van der Waals surface area contributed by atoms with Crippen molar-refractivity contribution < 1.29 is 14.3 Å². The van der Waals surface area contributed by atoms with E-state index in [1.54, 1.807) is 12.1 Å². The molecule has 2 aromatic rings. The lowest BCUT2D eigenvalue weighted by Crippen LogP contribution is -2.58. The monoisotopic (exact) mass is 499 g/mol. The summed E-state index contributed by atoms with van der Waals surface area (Å²) in [5.74, 6) is 0.435. The third kappa shape index (κ3) is 4.29. The van der Waals surface area contributed by atoms with E-state index in [1.165, 1.54) is 7.11 Å². The number of nitrogens with zero attached hydrogens (tertiary/aromatic N) is 3. The zero-order chi connectivity index (χ0) is 22.7. The minimum atomic E-state index is -0.645. The number of rotatable bonds is 5. The van der Waals surface area contributed by atoms with Gasteiger partial charge in [0.05, 0.1) is 12.7 Å². The van der Waals surface area contributed by atoms with Gasteiger partial charge in [0, 0.05) is 4.47 Å². The zero-order valence-corrected chi connectivity index (χ0v) is 19.5. The molecule has 8 nitrogen and oxygen atoms in total. The fourth-order valence-corrected chi connectivity index (χ4v) is 4.94. The second-order valence-corrected chi connectivity index (χ2v) is 8.74. The van der Waals surface area contributed by atoms with Crippen LogP contribution in [0.2, 0.25) is 0 Å². The first-order valence-electron chi connectivity index (χ1n) is 10.5. The van der Waals surface area contributed by atoms with Crippen molar-refractivity contribution in [1.29, 1.82) is 0 Å². The highest BCUT2D eigenvalue weighted by Crippen LogP contribution is 2.46. The molecule has 1 aliphatic carbocycles. The van der Waals surface area contributed by atoms with Gasteiger partial charge in [0.1, 0.15) is 23.7 Å². The molecule has 2 aromatic carbocycles. The van der Waals surface area contributed by atoms with E-state index in [1.807, 2.05) is 35.2 Å². The molecule has 168 valence electrons. The molecule has 9 heteroatoms. The van der Waals surface area contributed by atoms with Gasteiger partial charge in [0.25, 0.3) is 0 Å². The van der Waals surface area contributed by atoms with Crippen LogP contribution in [-0.2, 0) is 11.3 Å². The lowest BCUT2D eigenvalue weighted by Gasteiger charge is -2.46. The lowest BCUT2D eigenvalue weighted by atomic mass is 9.87. The molecule has 2 aliphatic rings. The van der Waals surface area contributed by atoms with Gasteiger partial charge in [0.15, 0.2) is 0 Å². The number of carbonyl (C=O) groups excluding carboxylic acids is 1. The SMILES string of the molecule is COC(=O)c1cc(Br)c(N2C(N)=NC(N)=NC23CCCCC3)c(OCc2ccccc2)c1. The Labute approximate surface area is 195 Å². The van der Waals surface area contributed by atoms with Gasteiger partial charge in [-0.3, -0.25) is 4.90 Å². The Morgan fingerprint density at radius 3 is 2.56 bits per heavy atom. The van der Waals surface area contributed by atoms with Crippen molar-refractivity contribution in [2.75, 3.05) is 12.0 Å². The van der Waals surface area contributed by atoms with Crippen molar-refractivity contribution in [2.45, 2.75) is 44.4 Å². The maximum Gasteiger partial charge on any atom is 0.338 e. The van der Waals surface area contributed by atoms with Gasteiger partial charge >= 0.3 is 5.97 Å². The fraction of sp³-hybridized carbons (Fsp3) is 0.348. The number of hydrogen-bond acceptors (Lipinski definition) is 8. The van der Waals surface area contributed by atoms with Gasteiger partial charge in [-0.1, -0.05) is 36.8 Å². The molecule has 1 saturated carbocycles. The van der Waals surface area contributed by atoms with E-state index in [2.05, 4.69) is 20.9 Å². The molecule has 0 radical (unpaired) electrons. The topological polar surface area (TPSA) is 116 Å². The van der Waals surface area contributed by atoms with Gasteiger partial charge < -0.3 is 20.9 Å². The number of anilines is 1. The van der Waals surface area contributed by atoms with Crippen molar-refractivity contribution in [3.8, 4) is 5.75 Å². The number of ether oxygens (including phenoxy) is 2. The molecule has 0 saturated heterocycles. The molecule has 4 rings (SSSR count). The standard InChI is InChI=1S/C23H26BrN5O3/c1-31-20(30)16-12-17(24)19(18(13-16)32-14-15-8-4-2-5-9-15)29-22(26)27-21(25)28-23(29)10-6-3-7-11-23/h2,4-5,8-9,12-13H,3,6-7,10-11,14H2,1H3,(H4,25,26,27,28). The summed E-state index contributed by atoms with van der Waals surface area (Å²) in [4.78, 5) is 23.2. The Kier molecular flexibility index (Phi) is 6.36. The van der Waals surface area contributed by atoms with E-state index in [9.17, 15) is 4.79 Å². The van der Waals surface area contributed by atoms with E-state index in [-0.39, 0.29) is 11.9 Å². The van der Waals surface area contributed by atoms with Gasteiger partial charge in [-0.25, -0.2) is 9.79 Å². The number of aliphatic imine (C=N–C) groups is 2. The van der Waals surface area contributed by atoms with Gasteiger partial charge in [-0.15, -0.1) is 0 Å². The van der Waals surface area contributed by atoms with Crippen molar-refractivity contribution in [2.24, 2.45) is 21.5 Å². The quantitative estimate of drug-likeness (QED) is 0.602. The number of nitrogens with two attached hydrogens (primary N) is 2. The van der Waals surface area contributed by atoms with E-state index in [4.69, 9.17) is 25.9 Å². The van der Waals surface area contributed by atoms with E-state index < -0.39 is 11.6 Å². The van der Waals surface area contributed by atoms with Crippen LogP contribution in [0.4, 0.5) is 5.69 Å². The molecule has 0 aromatic heterocycles. The largest absolute Gasteiger partial charge is 0.487 e. The van der Waals surface area contributed by atoms with E-state index >= 15 is 0 Å². The van der Waals surface area contributed by atoms with E-state index in [0.717, 1.165) is 37.7 Å². The molecule has 1 heterocycles. The molecule has 0 atom stereocenters. The Hall–Kier alpha value is -3.07. The first-order valence-corrected chi connectivity index (χ1v) is 11.3.